The molecule has 0 radical (unpaired) electrons. The predicted molar refractivity (Wildman–Crippen MR) is 83.2 cm³/mol. The largest absolute Gasteiger partial charge is 0.466 e. The third kappa shape index (κ3) is 3.46. The quantitative estimate of drug-likeness (QED) is 0.828. The Labute approximate surface area is 124 Å². The molecule has 0 aromatic carbocycles. The van der Waals surface area contributed by atoms with Crippen molar-refractivity contribution in [3.8, 4) is 10.6 Å². The van der Waals surface area contributed by atoms with Crippen LogP contribution in [0.1, 0.15) is 35.9 Å². The van der Waals surface area contributed by atoms with Crippen LogP contribution in [0.4, 0.5) is 0 Å². The third-order valence-electron chi connectivity index (χ3n) is 3.31. The lowest BCUT2D eigenvalue weighted by Gasteiger charge is -2.05. The Kier molecular flexibility index (Phi) is 4.94. The van der Waals surface area contributed by atoms with E-state index in [1.807, 2.05) is 13.8 Å². The Hall–Kier alpha value is -1.20. The lowest BCUT2D eigenvalue weighted by atomic mass is 10.1. The van der Waals surface area contributed by atoms with E-state index in [2.05, 4.69) is 36.3 Å². The van der Waals surface area contributed by atoms with E-state index in [1.54, 1.807) is 11.3 Å². The highest BCUT2D eigenvalue weighted by molar-refractivity contribution is 7.14. The van der Waals surface area contributed by atoms with Gasteiger partial charge in [-0.15, -0.1) is 10.2 Å². The fraction of sp³-hybridized carbons (Fsp3) is 0.600. The molecule has 0 saturated heterocycles. The summed E-state index contributed by atoms with van der Waals surface area (Å²) in [6.07, 6.45) is 0.930. The summed E-state index contributed by atoms with van der Waals surface area (Å²) in [5.74, 6) is 2.58. The van der Waals surface area contributed by atoms with Gasteiger partial charge in [-0.05, 0) is 33.2 Å². The fourth-order valence-electron chi connectivity index (χ4n) is 2.15. The Morgan fingerprint density at radius 1 is 1.15 bits per heavy atom. The van der Waals surface area contributed by atoms with E-state index in [4.69, 9.17) is 4.42 Å². The Morgan fingerprint density at radius 2 is 1.90 bits per heavy atom. The average molecular weight is 293 g/mol. The SMILES string of the molecule is Cc1oc(C)c(-c2nnc(CCNCC(C)C)s2)c1C. The summed E-state index contributed by atoms with van der Waals surface area (Å²) >= 11 is 1.66. The van der Waals surface area contributed by atoms with E-state index >= 15 is 0 Å². The number of nitrogens with one attached hydrogen (secondary N) is 1. The topological polar surface area (TPSA) is 51.0 Å². The molecule has 1 N–H and O–H groups in total. The van der Waals surface area contributed by atoms with Gasteiger partial charge in [0.25, 0.3) is 0 Å². The summed E-state index contributed by atoms with van der Waals surface area (Å²) in [7, 11) is 0. The van der Waals surface area contributed by atoms with Gasteiger partial charge in [0.15, 0.2) is 5.01 Å². The molecule has 110 valence electrons. The van der Waals surface area contributed by atoms with Crippen LogP contribution in [0, 0.1) is 26.7 Å². The normalized spacial score (nSPS) is 11.5. The van der Waals surface area contributed by atoms with Crippen LogP contribution in [0.3, 0.4) is 0 Å². The number of aromatic nitrogens is 2. The summed E-state index contributed by atoms with van der Waals surface area (Å²) in [6.45, 7) is 12.5. The molecule has 2 rings (SSSR count). The van der Waals surface area contributed by atoms with Crippen molar-refractivity contribution < 1.29 is 4.42 Å². The first-order chi connectivity index (χ1) is 9.49. The van der Waals surface area contributed by atoms with Crippen LogP contribution < -0.4 is 5.32 Å². The second-order valence-corrected chi connectivity index (χ2v) is 6.63. The van der Waals surface area contributed by atoms with Gasteiger partial charge >= 0.3 is 0 Å². The molecular formula is C15H23N3OS. The van der Waals surface area contributed by atoms with Crippen LogP contribution >= 0.6 is 11.3 Å². The number of aryl methyl sites for hydroxylation is 2. The van der Waals surface area contributed by atoms with Crippen molar-refractivity contribution in [2.24, 2.45) is 5.92 Å². The van der Waals surface area contributed by atoms with Crippen molar-refractivity contribution in [1.82, 2.24) is 15.5 Å². The molecule has 0 unspecified atom stereocenters. The van der Waals surface area contributed by atoms with Gasteiger partial charge in [0.2, 0.25) is 0 Å². The summed E-state index contributed by atoms with van der Waals surface area (Å²) in [5, 5.41) is 14.1. The van der Waals surface area contributed by atoms with Gasteiger partial charge in [-0.3, -0.25) is 0 Å². The molecule has 20 heavy (non-hydrogen) atoms. The predicted octanol–water partition coefficient (Wildman–Crippen LogP) is 3.51. The molecule has 5 heteroatoms. The van der Waals surface area contributed by atoms with Crippen LogP contribution in [0.25, 0.3) is 10.6 Å². The Bertz CT molecular complexity index is 572. The van der Waals surface area contributed by atoms with E-state index in [0.717, 1.165) is 46.6 Å². The second kappa shape index (κ2) is 6.50. The minimum Gasteiger partial charge on any atom is -0.466 e. The molecule has 0 aliphatic rings. The zero-order valence-electron chi connectivity index (χ0n) is 12.9. The summed E-state index contributed by atoms with van der Waals surface area (Å²) in [5.41, 5.74) is 2.28. The molecule has 0 fully saturated rings. The molecule has 2 aromatic heterocycles. The minimum atomic E-state index is 0.680. The number of rotatable bonds is 6. The smallest absolute Gasteiger partial charge is 0.151 e. The van der Waals surface area contributed by atoms with Crippen molar-refractivity contribution in [2.75, 3.05) is 13.1 Å². The van der Waals surface area contributed by atoms with E-state index in [1.165, 1.54) is 5.56 Å². The van der Waals surface area contributed by atoms with Gasteiger partial charge in [-0.1, -0.05) is 25.2 Å². The first kappa shape index (κ1) is 15.2. The zero-order chi connectivity index (χ0) is 14.7. The number of hydrogen-bond acceptors (Lipinski definition) is 5. The molecule has 2 heterocycles. The summed E-state index contributed by atoms with van der Waals surface area (Å²) < 4.78 is 5.66. The molecule has 0 amide bonds. The van der Waals surface area contributed by atoms with Crippen LogP contribution in [0.15, 0.2) is 4.42 Å². The highest BCUT2D eigenvalue weighted by Crippen LogP contribution is 2.33. The molecular weight excluding hydrogens is 270 g/mol. The Morgan fingerprint density at radius 3 is 2.50 bits per heavy atom. The molecule has 0 atom stereocenters. The van der Waals surface area contributed by atoms with Crippen LogP contribution in [-0.4, -0.2) is 23.3 Å². The first-order valence-electron chi connectivity index (χ1n) is 7.09. The van der Waals surface area contributed by atoms with Crippen molar-refractivity contribution in [3.63, 3.8) is 0 Å². The van der Waals surface area contributed by atoms with Crippen LogP contribution in [-0.2, 0) is 6.42 Å². The van der Waals surface area contributed by atoms with Crippen LogP contribution in [0.2, 0.25) is 0 Å². The Balaban J connectivity index is 2.02. The van der Waals surface area contributed by atoms with Gasteiger partial charge in [-0.2, -0.15) is 0 Å². The molecule has 0 bridgehead atoms. The van der Waals surface area contributed by atoms with Crippen LogP contribution in [0.5, 0.6) is 0 Å². The zero-order valence-corrected chi connectivity index (χ0v) is 13.7. The standard InChI is InChI=1S/C15H23N3OS/c1-9(2)8-16-7-6-13-17-18-15(20-13)14-10(3)11(4)19-12(14)5/h9,16H,6-8H2,1-5H3. The van der Waals surface area contributed by atoms with Gasteiger partial charge in [0, 0.05) is 18.5 Å². The van der Waals surface area contributed by atoms with E-state index < -0.39 is 0 Å². The number of hydrogen-bond donors (Lipinski definition) is 1. The average Bonchev–Trinajstić information content (AvgIpc) is 2.91. The second-order valence-electron chi connectivity index (χ2n) is 5.56. The highest BCUT2D eigenvalue weighted by atomic mass is 32.1. The number of nitrogens with zero attached hydrogens (tertiary/aromatic N) is 2. The van der Waals surface area contributed by atoms with Gasteiger partial charge < -0.3 is 9.73 Å². The molecule has 0 saturated carbocycles. The van der Waals surface area contributed by atoms with Crippen molar-refractivity contribution in [2.45, 2.75) is 41.0 Å². The fourth-order valence-corrected chi connectivity index (χ4v) is 3.14. The maximum Gasteiger partial charge on any atom is 0.151 e. The maximum atomic E-state index is 5.66. The van der Waals surface area contributed by atoms with Crippen molar-refractivity contribution >= 4 is 11.3 Å². The van der Waals surface area contributed by atoms with E-state index in [0.29, 0.717) is 5.92 Å². The van der Waals surface area contributed by atoms with E-state index in [9.17, 15) is 0 Å². The highest BCUT2D eigenvalue weighted by Gasteiger charge is 2.17. The molecule has 0 spiro atoms. The maximum absolute atomic E-state index is 5.66. The number of furan rings is 1. The minimum absolute atomic E-state index is 0.680. The lowest BCUT2D eigenvalue weighted by Crippen LogP contribution is -2.22. The third-order valence-corrected chi connectivity index (χ3v) is 4.31. The lowest BCUT2D eigenvalue weighted by molar-refractivity contribution is 0.503. The summed E-state index contributed by atoms with van der Waals surface area (Å²) in [4.78, 5) is 0. The molecule has 2 aromatic rings. The van der Waals surface area contributed by atoms with Crippen molar-refractivity contribution in [3.05, 3.63) is 22.1 Å². The molecule has 0 aliphatic carbocycles. The monoisotopic (exact) mass is 293 g/mol. The van der Waals surface area contributed by atoms with Crippen molar-refractivity contribution in [1.29, 1.82) is 0 Å². The van der Waals surface area contributed by atoms with Gasteiger partial charge in [-0.25, -0.2) is 0 Å². The van der Waals surface area contributed by atoms with Gasteiger partial charge in [0.1, 0.15) is 16.5 Å². The van der Waals surface area contributed by atoms with Gasteiger partial charge in [0.05, 0.1) is 5.56 Å². The first-order valence-corrected chi connectivity index (χ1v) is 7.90. The molecule has 4 nitrogen and oxygen atoms in total. The molecule has 0 aliphatic heterocycles. The van der Waals surface area contributed by atoms with E-state index in [-0.39, 0.29) is 0 Å². The summed E-state index contributed by atoms with van der Waals surface area (Å²) in [6, 6.07) is 0.